The maximum absolute atomic E-state index is 11.5. The minimum Gasteiger partial charge on any atom is -0.314 e. The summed E-state index contributed by atoms with van der Waals surface area (Å²) >= 11 is 0. The fourth-order valence-electron chi connectivity index (χ4n) is 2.59. The number of rotatable bonds is 3. The summed E-state index contributed by atoms with van der Waals surface area (Å²) in [5, 5.41) is 3.51. The fourth-order valence-corrected chi connectivity index (χ4v) is 2.59. The molecule has 17 heavy (non-hydrogen) atoms. The smallest absolute Gasteiger partial charge is 0.314 e. The van der Waals surface area contributed by atoms with Crippen molar-refractivity contribution in [1.29, 1.82) is 0 Å². The Kier molecular flexibility index (Phi) is 2.97. The van der Waals surface area contributed by atoms with Crippen molar-refractivity contribution in [3.63, 3.8) is 0 Å². The van der Waals surface area contributed by atoms with Gasteiger partial charge in [0.15, 0.2) is 0 Å². The Labute approximate surface area is 101 Å². The molecule has 1 aromatic heterocycles. The minimum absolute atomic E-state index is 0.180. The summed E-state index contributed by atoms with van der Waals surface area (Å²) in [5.41, 5.74) is 1.87. The number of nitrogens with one attached hydrogen (secondary N) is 2. The predicted octanol–water partition coefficient (Wildman–Crippen LogP) is 1.33. The van der Waals surface area contributed by atoms with E-state index in [2.05, 4.69) is 21.4 Å². The zero-order valence-corrected chi connectivity index (χ0v) is 10.0. The lowest BCUT2D eigenvalue weighted by Crippen LogP contribution is -2.36. The van der Waals surface area contributed by atoms with Crippen LogP contribution in [-0.4, -0.2) is 22.6 Å². The van der Waals surface area contributed by atoms with Gasteiger partial charge in [-0.25, -0.2) is 4.79 Å². The van der Waals surface area contributed by atoms with Gasteiger partial charge in [-0.1, -0.05) is 6.42 Å². The zero-order valence-electron chi connectivity index (χ0n) is 10.0. The van der Waals surface area contributed by atoms with Gasteiger partial charge in [0, 0.05) is 24.1 Å². The molecule has 2 heterocycles. The van der Waals surface area contributed by atoms with Crippen LogP contribution in [0.2, 0.25) is 0 Å². The summed E-state index contributed by atoms with van der Waals surface area (Å²) in [4.78, 5) is 18.4. The largest absolute Gasteiger partial charge is 0.345 e. The van der Waals surface area contributed by atoms with Crippen molar-refractivity contribution in [2.24, 2.45) is 0 Å². The SMILES string of the molecule is O=c1nc(C2CC2)cc(CC2CCCCN2)[nH]1. The molecule has 0 radical (unpaired) electrons. The van der Waals surface area contributed by atoms with E-state index in [0.717, 1.165) is 24.4 Å². The van der Waals surface area contributed by atoms with Crippen molar-refractivity contribution in [2.75, 3.05) is 6.54 Å². The molecule has 0 amide bonds. The van der Waals surface area contributed by atoms with Gasteiger partial charge in [-0.3, -0.25) is 0 Å². The van der Waals surface area contributed by atoms with E-state index in [1.54, 1.807) is 0 Å². The molecule has 2 N–H and O–H groups in total. The molecule has 4 heteroatoms. The van der Waals surface area contributed by atoms with Crippen LogP contribution in [0.5, 0.6) is 0 Å². The Morgan fingerprint density at radius 2 is 2.18 bits per heavy atom. The number of H-pyrrole nitrogens is 1. The van der Waals surface area contributed by atoms with E-state index in [9.17, 15) is 4.79 Å². The van der Waals surface area contributed by atoms with Gasteiger partial charge in [-0.15, -0.1) is 0 Å². The summed E-state index contributed by atoms with van der Waals surface area (Å²) in [7, 11) is 0. The third kappa shape index (κ3) is 2.75. The van der Waals surface area contributed by atoms with Crippen LogP contribution in [-0.2, 0) is 6.42 Å². The maximum Gasteiger partial charge on any atom is 0.345 e. The number of aromatic amines is 1. The number of piperidine rings is 1. The summed E-state index contributed by atoms with van der Waals surface area (Å²) in [6, 6.07) is 2.61. The third-order valence-electron chi connectivity index (χ3n) is 3.69. The van der Waals surface area contributed by atoms with Gasteiger partial charge in [0.2, 0.25) is 0 Å². The van der Waals surface area contributed by atoms with Crippen LogP contribution in [0, 0.1) is 0 Å². The molecule has 1 aliphatic carbocycles. The third-order valence-corrected chi connectivity index (χ3v) is 3.69. The fraction of sp³-hybridized carbons (Fsp3) is 0.692. The molecule has 2 fully saturated rings. The van der Waals surface area contributed by atoms with E-state index >= 15 is 0 Å². The van der Waals surface area contributed by atoms with Gasteiger partial charge in [0.05, 0.1) is 5.69 Å². The first-order chi connectivity index (χ1) is 8.31. The summed E-state index contributed by atoms with van der Waals surface area (Å²) in [5.74, 6) is 0.551. The van der Waals surface area contributed by atoms with Crippen LogP contribution in [0.1, 0.15) is 49.4 Å². The normalized spacial score (nSPS) is 24.8. The van der Waals surface area contributed by atoms with Crippen molar-refractivity contribution in [2.45, 2.75) is 50.5 Å². The van der Waals surface area contributed by atoms with E-state index in [1.165, 1.54) is 32.1 Å². The highest BCUT2D eigenvalue weighted by atomic mass is 16.1. The molecular formula is C13H19N3O. The highest BCUT2D eigenvalue weighted by molar-refractivity contribution is 5.17. The minimum atomic E-state index is -0.180. The van der Waals surface area contributed by atoms with E-state index in [4.69, 9.17) is 0 Å². The summed E-state index contributed by atoms with van der Waals surface area (Å²) in [6.45, 7) is 1.11. The van der Waals surface area contributed by atoms with Gasteiger partial charge in [0.25, 0.3) is 0 Å². The highest BCUT2D eigenvalue weighted by Gasteiger charge is 2.26. The Balaban J connectivity index is 1.74. The summed E-state index contributed by atoms with van der Waals surface area (Å²) < 4.78 is 0. The number of hydrogen-bond donors (Lipinski definition) is 2. The lowest BCUT2D eigenvalue weighted by atomic mass is 10.00. The first-order valence-electron chi connectivity index (χ1n) is 6.65. The topological polar surface area (TPSA) is 57.8 Å². The average Bonchev–Trinajstić information content (AvgIpc) is 3.13. The number of aromatic nitrogens is 2. The van der Waals surface area contributed by atoms with E-state index in [-0.39, 0.29) is 5.69 Å². The molecule has 1 saturated heterocycles. The first kappa shape index (κ1) is 11.0. The van der Waals surface area contributed by atoms with Gasteiger partial charge in [-0.05, 0) is 38.3 Å². The predicted molar refractivity (Wildman–Crippen MR) is 66.2 cm³/mol. The van der Waals surface area contributed by atoms with E-state index in [0.29, 0.717) is 12.0 Å². The highest BCUT2D eigenvalue weighted by Crippen LogP contribution is 2.38. The van der Waals surface area contributed by atoms with Crippen molar-refractivity contribution in [1.82, 2.24) is 15.3 Å². The van der Waals surface area contributed by atoms with Crippen LogP contribution in [0.15, 0.2) is 10.9 Å². The Bertz CT molecular complexity index is 444. The molecule has 0 aromatic carbocycles. The quantitative estimate of drug-likeness (QED) is 0.828. The molecule has 1 saturated carbocycles. The van der Waals surface area contributed by atoms with Crippen LogP contribution in [0.25, 0.3) is 0 Å². The maximum atomic E-state index is 11.5. The Morgan fingerprint density at radius 1 is 1.29 bits per heavy atom. The molecular weight excluding hydrogens is 214 g/mol. The molecule has 2 aliphatic rings. The monoisotopic (exact) mass is 233 g/mol. The summed E-state index contributed by atoms with van der Waals surface area (Å²) in [6.07, 6.45) is 7.09. The van der Waals surface area contributed by atoms with Crippen LogP contribution >= 0.6 is 0 Å². The number of hydrogen-bond acceptors (Lipinski definition) is 3. The van der Waals surface area contributed by atoms with Gasteiger partial charge >= 0.3 is 5.69 Å². The van der Waals surface area contributed by atoms with Crippen LogP contribution in [0.3, 0.4) is 0 Å². The molecule has 1 aliphatic heterocycles. The Morgan fingerprint density at radius 3 is 2.88 bits per heavy atom. The van der Waals surface area contributed by atoms with Crippen molar-refractivity contribution in [3.05, 3.63) is 27.9 Å². The lowest BCUT2D eigenvalue weighted by molar-refractivity contribution is 0.396. The molecule has 0 bridgehead atoms. The standard InChI is InChI=1S/C13H19N3O/c17-13-15-11(7-10-3-1-2-6-14-10)8-12(16-13)9-4-5-9/h8-10,14H,1-7H2,(H,15,16,17). The second-order valence-electron chi connectivity index (χ2n) is 5.26. The van der Waals surface area contributed by atoms with Crippen LogP contribution in [0.4, 0.5) is 0 Å². The average molecular weight is 233 g/mol. The molecule has 1 atom stereocenters. The zero-order chi connectivity index (χ0) is 11.7. The first-order valence-corrected chi connectivity index (χ1v) is 6.65. The Hall–Kier alpha value is -1.16. The molecule has 92 valence electrons. The molecule has 1 unspecified atom stereocenters. The second kappa shape index (κ2) is 4.61. The second-order valence-corrected chi connectivity index (χ2v) is 5.26. The van der Waals surface area contributed by atoms with Gasteiger partial charge in [-0.2, -0.15) is 4.98 Å². The van der Waals surface area contributed by atoms with Crippen LogP contribution < -0.4 is 11.0 Å². The van der Waals surface area contributed by atoms with Gasteiger partial charge < -0.3 is 10.3 Å². The van der Waals surface area contributed by atoms with Crippen molar-refractivity contribution < 1.29 is 0 Å². The lowest BCUT2D eigenvalue weighted by Gasteiger charge is -2.23. The molecule has 4 nitrogen and oxygen atoms in total. The van der Waals surface area contributed by atoms with E-state index in [1.807, 2.05) is 0 Å². The van der Waals surface area contributed by atoms with Gasteiger partial charge in [0.1, 0.15) is 0 Å². The van der Waals surface area contributed by atoms with E-state index < -0.39 is 0 Å². The molecule has 1 aromatic rings. The number of nitrogens with zero attached hydrogens (tertiary/aromatic N) is 1. The van der Waals surface area contributed by atoms with Crippen molar-refractivity contribution in [3.8, 4) is 0 Å². The van der Waals surface area contributed by atoms with Crippen molar-refractivity contribution >= 4 is 0 Å². The molecule has 0 spiro atoms. The molecule has 3 rings (SSSR count).